The van der Waals surface area contributed by atoms with Crippen molar-refractivity contribution in [2.45, 2.75) is 6.92 Å². The van der Waals surface area contributed by atoms with Gasteiger partial charge in [0.05, 0.1) is 48.6 Å². The number of rotatable bonds is 15. The largest absolute Gasteiger partial charge is 0.507 e. The second kappa shape index (κ2) is 15.4. The van der Waals surface area contributed by atoms with Gasteiger partial charge in [0.15, 0.2) is 11.5 Å². The zero-order chi connectivity index (χ0) is 27.4. The van der Waals surface area contributed by atoms with Crippen molar-refractivity contribution in [3.05, 3.63) is 39.8 Å². The van der Waals surface area contributed by atoms with Gasteiger partial charge in [-0.05, 0) is 25.1 Å². The molecule has 0 aliphatic heterocycles. The molecule has 0 bridgehead atoms. The van der Waals surface area contributed by atoms with Gasteiger partial charge in [0, 0.05) is 37.5 Å². The SMILES string of the molecule is C=c1c(O)c(C)c(=COC(=O)c2ccc(N(CCCl)CCCl)c(OCCOCCOC)c2)c(O)c1OC. The van der Waals surface area contributed by atoms with Crippen LogP contribution in [0.1, 0.15) is 15.9 Å². The Hall–Kier alpha value is -2.85. The van der Waals surface area contributed by atoms with Crippen molar-refractivity contribution in [3.63, 3.8) is 0 Å². The van der Waals surface area contributed by atoms with Crippen LogP contribution in [0, 0.1) is 6.92 Å². The Balaban J connectivity index is 2.35. The molecule has 0 radical (unpaired) electrons. The Morgan fingerprint density at radius 2 is 1.73 bits per heavy atom. The molecule has 0 saturated carbocycles. The van der Waals surface area contributed by atoms with Crippen molar-refractivity contribution in [2.75, 3.05) is 70.4 Å². The molecular weight excluding hydrogens is 525 g/mol. The smallest absolute Gasteiger partial charge is 0.343 e. The Bertz CT molecular complexity index is 1150. The molecule has 2 aromatic carbocycles. The molecule has 0 unspecified atom stereocenters. The maximum Gasteiger partial charge on any atom is 0.343 e. The lowest BCUT2D eigenvalue weighted by molar-refractivity contribution is 0.0544. The van der Waals surface area contributed by atoms with Crippen LogP contribution in [-0.4, -0.2) is 81.7 Å². The lowest BCUT2D eigenvalue weighted by atomic mass is 10.1. The van der Waals surface area contributed by atoms with E-state index in [1.807, 2.05) is 4.90 Å². The first-order valence-electron chi connectivity index (χ1n) is 11.5. The first-order valence-corrected chi connectivity index (χ1v) is 12.6. The summed E-state index contributed by atoms with van der Waals surface area (Å²) < 4.78 is 26.8. The first-order chi connectivity index (χ1) is 17.8. The molecule has 0 aliphatic rings. The number of nitrogens with zero attached hydrogens (tertiary/aromatic N) is 1. The number of phenolic OH excluding ortho intramolecular Hbond substituents is 2. The van der Waals surface area contributed by atoms with Gasteiger partial charge in [-0.3, -0.25) is 0 Å². The molecule has 0 fully saturated rings. The highest BCUT2D eigenvalue weighted by molar-refractivity contribution is 6.18. The van der Waals surface area contributed by atoms with Gasteiger partial charge >= 0.3 is 5.97 Å². The zero-order valence-corrected chi connectivity index (χ0v) is 22.7. The molecular formula is C26H33Cl2NO8. The van der Waals surface area contributed by atoms with Crippen molar-refractivity contribution in [3.8, 4) is 23.0 Å². The van der Waals surface area contributed by atoms with Crippen molar-refractivity contribution in [1.82, 2.24) is 0 Å². The summed E-state index contributed by atoms with van der Waals surface area (Å²) in [4.78, 5) is 14.8. The number of halogens is 2. The zero-order valence-electron chi connectivity index (χ0n) is 21.2. The summed E-state index contributed by atoms with van der Waals surface area (Å²) in [5, 5.41) is 21.0. The Kier molecular flexibility index (Phi) is 12.7. The van der Waals surface area contributed by atoms with Crippen molar-refractivity contribution in [1.29, 1.82) is 0 Å². The van der Waals surface area contributed by atoms with Crippen LogP contribution in [-0.2, 0) is 14.2 Å². The fourth-order valence-electron chi connectivity index (χ4n) is 3.48. The minimum atomic E-state index is -0.704. The normalized spacial score (nSPS) is 11.4. The molecule has 0 heterocycles. The molecule has 37 heavy (non-hydrogen) atoms. The topological polar surface area (TPSA) is 107 Å². The number of hydrogen-bond donors (Lipinski definition) is 2. The number of esters is 1. The fraction of sp³-hybridized carbons (Fsp3) is 0.423. The number of ether oxygens (including phenoxy) is 5. The average molecular weight is 558 g/mol. The van der Waals surface area contributed by atoms with Crippen LogP contribution in [0.2, 0.25) is 0 Å². The molecule has 0 aromatic heterocycles. The number of anilines is 1. The molecule has 11 heteroatoms. The predicted molar refractivity (Wildman–Crippen MR) is 144 cm³/mol. The Morgan fingerprint density at radius 3 is 2.35 bits per heavy atom. The number of carbonyl (C=O) groups excluding carboxylic acids is 1. The molecule has 2 aromatic rings. The molecule has 2 rings (SSSR count). The van der Waals surface area contributed by atoms with E-state index in [0.29, 0.717) is 56.1 Å². The van der Waals surface area contributed by atoms with Crippen LogP contribution in [0.4, 0.5) is 5.69 Å². The summed E-state index contributed by atoms with van der Waals surface area (Å²) in [5.41, 5.74) is 1.20. The number of carbonyl (C=O) groups is 1. The summed E-state index contributed by atoms with van der Waals surface area (Å²) in [6.45, 7) is 7.76. The predicted octanol–water partition coefficient (Wildman–Crippen LogP) is 2.75. The minimum Gasteiger partial charge on any atom is -0.507 e. The Labute approximate surface area is 226 Å². The molecule has 0 atom stereocenters. The van der Waals surface area contributed by atoms with Crippen LogP contribution >= 0.6 is 23.2 Å². The van der Waals surface area contributed by atoms with Gasteiger partial charge in [-0.25, -0.2) is 4.79 Å². The Morgan fingerprint density at radius 1 is 1.05 bits per heavy atom. The van der Waals surface area contributed by atoms with Crippen molar-refractivity contribution in [2.24, 2.45) is 0 Å². The highest BCUT2D eigenvalue weighted by Crippen LogP contribution is 2.30. The van der Waals surface area contributed by atoms with Crippen LogP contribution < -0.4 is 24.8 Å². The monoisotopic (exact) mass is 557 g/mol. The molecule has 0 aliphatic carbocycles. The van der Waals surface area contributed by atoms with Crippen molar-refractivity contribution < 1.29 is 38.7 Å². The van der Waals surface area contributed by atoms with Gasteiger partial charge in [-0.2, -0.15) is 0 Å². The first kappa shape index (κ1) is 30.4. The summed E-state index contributed by atoms with van der Waals surface area (Å²) in [7, 11) is 2.92. The molecule has 204 valence electrons. The second-order valence-electron chi connectivity index (χ2n) is 7.77. The maximum absolute atomic E-state index is 12.9. The van der Waals surface area contributed by atoms with Crippen LogP contribution in [0.3, 0.4) is 0 Å². The number of alkyl halides is 2. The summed E-state index contributed by atoms with van der Waals surface area (Å²) in [5.74, 6) is -0.0212. The third-order valence-electron chi connectivity index (χ3n) is 5.44. The van der Waals surface area contributed by atoms with Crippen molar-refractivity contribution >= 4 is 47.7 Å². The van der Waals surface area contributed by atoms with E-state index in [9.17, 15) is 15.0 Å². The van der Waals surface area contributed by atoms with E-state index < -0.39 is 5.97 Å². The molecule has 0 saturated heterocycles. The lowest BCUT2D eigenvalue weighted by Crippen LogP contribution is -2.28. The number of hydrogen-bond acceptors (Lipinski definition) is 9. The standard InChI is InChI=1S/C26H33Cl2NO8/c1-17-20(24(31)25(34-4)18(2)23(17)30)16-37-26(32)19-5-6-21(29(9-7-27)10-8-28)22(15-19)36-14-13-35-12-11-33-3/h5-6,15-16,30-31H,2,7-14H2,1,3-4H3. The highest BCUT2D eigenvalue weighted by atomic mass is 35.5. The second-order valence-corrected chi connectivity index (χ2v) is 8.53. The third-order valence-corrected chi connectivity index (χ3v) is 5.78. The fourth-order valence-corrected chi connectivity index (χ4v) is 3.89. The van der Waals surface area contributed by atoms with Crippen LogP contribution in [0.5, 0.6) is 23.0 Å². The van der Waals surface area contributed by atoms with E-state index in [1.54, 1.807) is 32.2 Å². The molecule has 0 amide bonds. The molecule has 9 nitrogen and oxygen atoms in total. The van der Waals surface area contributed by atoms with Gasteiger partial charge in [-0.1, -0.05) is 6.58 Å². The molecule has 0 spiro atoms. The van der Waals surface area contributed by atoms with E-state index in [0.717, 1.165) is 6.26 Å². The van der Waals surface area contributed by atoms with Crippen LogP contribution in [0.15, 0.2) is 18.2 Å². The lowest BCUT2D eigenvalue weighted by Gasteiger charge is -2.25. The van der Waals surface area contributed by atoms with E-state index >= 15 is 0 Å². The van der Waals surface area contributed by atoms with E-state index in [-0.39, 0.29) is 45.4 Å². The van der Waals surface area contributed by atoms with Gasteiger partial charge < -0.3 is 38.8 Å². The summed E-state index contributed by atoms with van der Waals surface area (Å²) in [6, 6.07) is 4.87. The maximum atomic E-state index is 12.9. The molecule has 2 N–H and O–H groups in total. The van der Waals surface area contributed by atoms with Gasteiger partial charge in [0.2, 0.25) is 0 Å². The highest BCUT2D eigenvalue weighted by Gasteiger charge is 2.18. The summed E-state index contributed by atoms with van der Waals surface area (Å²) in [6.07, 6.45) is 1.06. The summed E-state index contributed by atoms with van der Waals surface area (Å²) >= 11 is 11.9. The average Bonchev–Trinajstić information content (AvgIpc) is 2.89. The number of methoxy groups -OCH3 is 2. The van der Waals surface area contributed by atoms with Gasteiger partial charge in [-0.15, -0.1) is 23.2 Å². The van der Waals surface area contributed by atoms with E-state index in [4.69, 9.17) is 46.9 Å². The number of phenols is 2. The number of benzene rings is 2. The van der Waals surface area contributed by atoms with Gasteiger partial charge in [0.25, 0.3) is 0 Å². The van der Waals surface area contributed by atoms with Gasteiger partial charge in [0.1, 0.15) is 24.4 Å². The quantitative estimate of drug-likeness (QED) is 0.148. The third kappa shape index (κ3) is 8.07. The minimum absolute atomic E-state index is 0.0168. The van der Waals surface area contributed by atoms with Crippen LogP contribution in [0.25, 0.3) is 12.8 Å². The number of aromatic hydroxyl groups is 2. The van der Waals surface area contributed by atoms with E-state index in [1.165, 1.54) is 7.11 Å². The van der Waals surface area contributed by atoms with E-state index in [2.05, 4.69) is 6.58 Å².